The quantitative estimate of drug-likeness (QED) is 0.639. The molecule has 5 rings (SSSR count). The maximum absolute atomic E-state index is 13.5. The molecule has 1 aromatic carbocycles. The Hall–Kier alpha value is -2.36. The number of benzene rings is 1. The molecule has 3 aliphatic carbocycles. The predicted molar refractivity (Wildman–Crippen MR) is 118 cm³/mol. The van der Waals surface area contributed by atoms with Crippen molar-refractivity contribution in [2.24, 2.45) is 17.3 Å². The average molecular weight is 405 g/mol. The minimum absolute atomic E-state index is 0.202. The first-order valence-corrected chi connectivity index (χ1v) is 11.5. The number of rotatable bonds is 4. The van der Waals surface area contributed by atoms with Crippen molar-refractivity contribution < 1.29 is 9.53 Å². The molecule has 4 nitrogen and oxygen atoms in total. The molecule has 30 heavy (non-hydrogen) atoms. The van der Waals surface area contributed by atoms with Crippen molar-refractivity contribution in [3.8, 4) is 5.75 Å². The van der Waals surface area contributed by atoms with Gasteiger partial charge >= 0.3 is 0 Å². The summed E-state index contributed by atoms with van der Waals surface area (Å²) in [4.78, 5) is 13.5. The molecular weight excluding hydrogens is 372 g/mol. The Bertz CT molecular complexity index is 1000. The number of aryl methyl sites for hydroxylation is 2. The highest BCUT2D eigenvalue weighted by atomic mass is 16.5. The Morgan fingerprint density at radius 2 is 2.17 bits per heavy atom. The van der Waals surface area contributed by atoms with Crippen LogP contribution in [0.5, 0.6) is 5.75 Å². The van der Waals surface area contributed by atoms with E-state index in [0.29, 0.717) is 23.5 Å². The number of aromatic nitrogens is 2. The molecule has 3 aliphatic rings. The molecule has 1 heterocycles. The summed E-state index contributed by atoms with van der Waals surface area (Å²) in [5.41, 5.74) is 4.83. The largest absolute Gasteiger partial charge is 0.497 e. The van der Waals surface area contributed by atoms with Gasteiger partial charge in [0, 0.05) is 18.2 Å². The second-order valence-corrected chi connectivity index (χ2v) is 9.62. The van der Waals surface area contributed by atoms with Crippen molar-refractivity contribution in [3.63, 3.8) is 0 Å². The Morgan fingerprint density at radius 3 is 2.97 bits per heavy atom. The van der Waals surface area contributed by atoms with E-state index >= 15 is 0 Å². The smallest absolute Gasteiger partial charge is 0.165 e. The van der Waals surface area contributed by atoms with E-state index in [9.17, 15) is 4.79 Å². The van der Waals surface area contributed by atoms with E-state index in [2.05, 4.69) is 43.2 Å². The van der Waals surface area contributed by atoms with Crippen LogP contribution < -0.4 is 4.74 Å². The van der Waals surface area contributed by atoms with Crippen LogP contribution in [-0.2, 0) is 17.8 Å². The Balaban J connectivity index is 1.46. The number of nitrogens with zero attached hydrogens (tertiary/aromatic N) is 2. The van der Waals surface area contributed by atoms with Crippen molar-refractivity contribution in [2.45, 2.75) is 64.8 Å². The third kappa shape index (κ3) is 2.95. The van der Waals surface area contributed by atoms with Gasteiger partial charge in [0.25, 0.3) is 0 Å². The molecule has 0 radical (unpaired) electrons. The van der Waals surface area contributed by atoms with Crippen LogP contribution in [0, 0.1) is 17.3 Å². The lowest BCUT2D eigenvalue weighted by atomic mass is 9.55. The monoisotopic (exact) mass is 404 g/mol. The fourth-order valence-corrected chi connectivity index (χ4v) is 6.53. The first-order valence-electron chi connectivity index (χ1n) is 11.5. The number of carbonyl (C=O) groups excluding carboxylic acids is 1. The highest BCUT2D eigenvalue weighted by molar-refractivity contribution is 6.05. The standard InChI is InChI=1S/C26H32N2O2/c1-4-13-28-19(10-12-27-28)14-18-16-24-23-7-5-17-15-20(30-3)6-8-21(17)22(23)9-11-26(24,2)25(18)29/h6,8,10,12,14-15,22-24H,4-5,7,9,11,13,16H2,1-3H3/b18-14+/t22-,23+,24+,26-/m0/s1. The van der Waals surface area contributed by atoms with Gasteiger partial charge in [-0.25, -0.2) is 0 Å². The Morgan fingerprint density at radius 1 is 1.30 bits per heavy atom. The number of fused-ring (bicyclic) bond motifs is 5. The van der Waals surface area contributed by atoms with E-state index in [1.54, 1.807) is 7.11 Å². The lowest BCUT2D eigenvalue weighted by molar-refractivity contribution is -0.127. The molecule has 0 saturated heterocycles. The van der Waals surface area contributed by atoms with E-state index in [1.807, 2.05) is 16.9 Å². The molecule has 0 N–H and O–H groups in total. The van der Waals surface area contributed by atoms with Crippen LogP contribution in [0.4, 0.5) is 0 Å². The van der Waals surface area contributed by atoms with Gasteiger partial charge in [-0.2, -0.15) is 5.10 Å². The summed E-state index contributed by atoms with van der Waals surface area (Å²) in [6.07, 6.45) is 10.3. The van der Waals surface area contributed by atoms with Gasteiger partial charge < -0.3 is 4.74 Å². The number of ether oxygens (including phenoxy) is 1. The lowest BCUT2D eigenvalue weighted by Gasteiger charge is -2.48. The first-order chi connectivity index (χ1) is 14.5. The van der Waals surface area contributed by atoms with E-state index in [-0.39, 0.29) is 5.41 Å². The van der Waals surface area contributed by atoms with Crippen molar-refractivity contribution in [3.05, 3.63) is 52.9 Å². The van der Waals surface area contributed by atoms with Gasteiger partial charge in [0.15, 0.2) is 5.78 Å². The third-order valence-corrected chi connectivity index (χ3v) is 8.08. The zero-order chi connectivity index (χ0) is 20.9. The van der Waals surface area contributed by atoms with Crippen molar-refractivity contribution in [1.29, 1.82) is 0 Å². The van der Waals surface area contributed by atoms with Gasteiger partial charge in [0.1, 0.15) is 5.75 Å². The molecular formula is C26H32N2O2. The Labute approximate surface area is 179 Å². The second-order valence-electron chi connectivity index (χ2n) is 9.62. The van der Waals surface area contributed by atoms with Crippen molar-refractivity contribution in [1.82, 2.24) is 9.78 Å². The predicted octanol–water partition coefficient (Wildman–Crippen LogP) is 5.42. The second kappa shape index (κ2) is 7.40. The van der Waals surface area contributed by atoms with Crippen LogP contribution in [0.3, 0.4) is 0 Å². The highest BCUT2D eigenvalue weighted by Gasteiger charge is 2.56. The molecule has 2 aromatic rings. The minimum Gasteiger partial charge on any atom is -0.497 e. The highest BCUT2D eigenvalue weighted by Crippen LogP contribution is 2.60. The topological polar surface area (TPSA) is 44.1 Å². The summed E-state index contributed by atoms with van der Waals surface area (Å²) in [5.74, 6) is 2.97. The SMILES string of the molecule is CCCn1nccc1/C=C1\C[C@@H]2[C@@H]3CCc4cc(OC)ccc4[C@@H]3CC[C@]2(C)C1=O. The van der Waals surface area contributed by atoms with Crippen LogP contribution in [-0.4, -0.2) is 22.7 Å². The summed E-state index contributed by atoms with van der Waals surface area (Å²) < 4.78 is 7.47. The van der Waals surface area contributed by atoms with E-state index in [4.69, 9.17) is 4.74 Å². The summed E-state index contributed by atoms with van der Waals surface area (Å²) >= 11 is 0. The number of hydrogen-bond donors (Lipinski definition) is 0. The molecule has 2 fully saturated rings. The minimum atomic E-state index is -0.202. The zero-order valence-electron chi connectivity index (χ0n) is 18.4. The first kappa shape index (κ1) is 19.6. The summed E-state index contributed by atoms with van der Waals surface area (Å²) in [7, 11) is 1.74. The number of methoxy groups -OCH3 is 1. The van der Waals surface area contributed by atoms with E-state index in [0.717, 1.165) is 55.7 Å². The van der Waals surface area contributed by atoms with Crippen LogP contribution in [0.2, 0.25) is 0 Å². The number of hydrogen-bond acceptors (Lipinski definition) is 3. The van der Waals surface area contributed by atoms with Gasteiger partial charge in [-0.3, -0.25) is 9.48 Å². The van der Waals surface area contributed by atoms with Crippen LogP contribution >= 0.6 is 0 Å². The van der Waals surface area contributed by atoms with Gasteiger partial charge in [-0.15, -0.1) is 0 Å². The number of carbonyl (C=O) groups is 1. The average Bonchev–Trinajstić information content (AvgIpc) is 3.30. The molecule has 0 spiro atoms. The Kier molecular flexibility index (Phi) is 4.83. The number of allylic oxidation sites excluding steroid dienone is 1. The number of ketones is 1. The van der Waals surface area contributed by atoms with Gasteiger partial charge in [0.2, 0.25) is 0 Å². The summed E-state index contributed by atoms with van der Waals surface area (Å²) in [5, 5.41) is 4.44. The molecule has 0 amide bonds. The molecule has 4 atom stereocenters. The van der Waals surface area contributed by atoms with Crippen LogP contribution in [0.1, 0.15) is 68.7 Å². The van der Waals surface area contributed by atoms with Gasteiger partial charge in [0.05, 0.1) is 12.8 Å². The van der Waals surface area contributed by atoms with Gasteiger partial charge in [-0.05, 0) is 97.3 Å². The van der Waals surface area contributed by atoms with Crippen molar-refractivity contribution in [2.75, 3.05) is 7.11 Å². The molecule has 0 unspecified atom stereocenters. The summed E-state index contributed by atoms with van der Waals surface area (Å²) in [6, 6.07) is 8.65. The van der Waals surface area contributed by atoms with Crippen molar-refractivity contribution >= 4 is 11.9 Å². The summed E-state index contributed by atoms with van der Waals surface area (Å²) in [6.45, 7) is 5.29. The zero-order valence-corrected chi connectivity index (χ0v) is 18.4. The third-order valence-electron chi connectivity index (χ3n) is 8.08. The maximum atomic E-state index is 13.5. The molecule has 1 aromatic heterocycles. The van der Waals surface area contributed by atoms with Crippen LogP contribution in [0.15, 0.2) is 36.0 Å². The molecule has 158 valence electrons. The molecule has 4 heteroatoms. The molecule has 0 bridgehead atoms. The fourth-order valence-electron chi connectivity index (χ4n) is 6.53. The normalized spacial score (nSPS) is 31.4. The van der Waals surface area contributed by atoms with Crippen LogP contribution in [0.25, 0.3) is 6.08 Å². The molecule has 0 aliphatic heterocycles. The lowest BCUT2D eigenvalue weighted by Crippen LogP contribution is -2.42. The van der Waals surface area contributed by atoms with E-state index in [1.165, 1.54) is 17.5 Å². The number of Topliss-reactive ketones (excluding diaryl/α,β-unsaturated/α-hetero) is 1. The van der Waals surface area contributed by atoms with E-state index < -0.39 is 0 Å². The van der Waals surface area contributed by atoms with Gasteiger partial charge in [-0.1, -0.05) is 19.9 Å². The molecule has 2 saturated carbocycles. The maximum Gasteiger partial charge on any atom is 0.165 e. The fraction of sp³-hybridized carbons (Fsp3) is 0.538.